The third-order valence-electron chi connectivity index (χ3n) is 3.75. The number of aromatic nitrogens is 1. The zero-order chi connectivity index (χ0) is 12.0. The Hall–Kier alpha value is -1.85. The molecule has 0 amide bonds. The second-order valence-corrected chi connectivity index (χ2v) is 4.82. The molecule has 17 heavy (non-hydrogen) atoms. The van der Waals surface area contributed by atoms with Crippen LogP contribution in [0.3, 0.4) is 0 Å². The van der Waals surface area contributed by atoms with Crippen LogP contribution in [0.5, 0.6) is 0 Å². The summed E-state index contributed by atoms with van der Waals surface area (Å²) in [5.41, 5.74) is 5.69. The van der Waals surface area contributed by atoms with Crippen LogP contribution in [0.2, 0.25) is 0 Å². The summed E-state index contributed by atoms with van der Waals surface area (Å²) in [7, 11) is 0. The summed E-state index contributed by atoms with van der Waals surface area (Å²) in [5, 5.41) is 11.0. The van der Waals surface area contributed by atoms with Crippen molar-refractivity contribution in [3.63, 3.8) is 0 Å². The zero-order valence-electron chi connectivity index (χ0n) is 9.37. The van der Waals surface area contributed by atoms with E-state index in [2.05, 4.69) is 9.88 Å². The van der Waals surface area contributed by atoms with Crippen molar-refractivity contribution in [2.75, 3.05) is 17.2 Å². The molecule has 2 atom stereocenters. The maximum absolute atomic E-state index is 11.0. The van der Waals surface area contributed by atoms with Crippen molar-refractivity contribution in [1.82, 2.24) is 4.98 Å². The van der Waals surface area contributed by atoms with Crippen molar-refractivity contribution in [1.29, 1.82) is 0 Å². The Morgan fingerprint density at radius 2 is 2.29 bits per heavy atom. The normalized spacial score (nSPS) is 26.5. The van der Waals surface area contributed by atoms with E-state index in [0.29, 0.717) is 23.6 Å². The largest absolute Gasteiger partial charge is 0.384 e. The molecule has 1 saturated carbocycles. The second kappa shape index (κ2) is 3.58. The van der Waals surface area contributed by atoms with Crippen molar-refractivity contribution in [3.05, 3.63) is 22.2 Å². The molecule has 1 aliphatic carbocycles. The molecule has 2 fully saturated rings. The Balaban J connectivity index is 2.01. The van der Waals surface area contributed by atoms with E-state index in [1.54, 1.807) is 0 Å². The summed E-state index contributed by atoms with van der Waals surface area (Å²) in [6.07, 6.45) is 3.48. The van der Waals surface area contributed by atoms with Crippen LogP contribution in [0.1, 0.15) is 19.3 Å². The average molecular weight is 234 g/mol. The van der Waals surface area contributed by atoms with Gasteiger partial charge in [-0.2, -0.15) is 0 Å². The van der Waals surface area contributed by atoms with Crippen molar-refractivity contribution in [2.45, 2.75) is 25.3 Å². The number of nitrogen functional groups attached to an aromatic ring is 1. The standard InChI is InChI=1S/C11H14N4O2/c12-10-4-3-9(15(16)17)11(13-10)14-6-7-1-2-8(14)5-7/h3-4,7-8H,1-2,5-6H2,(H2,12,13). The van der Waals surface area contributed by atoms with Crippen LogP contribution in [0.25, 0.3) is 0 Å². The van der Waals surface area contributed by atoms with E-state index >= 15 is 0 Å². The first-order valence-corrected chi connectivity index (χ1v) is 5.82. The molecule has 2 N–H and O–H groups in total. The summed E-state index contributed by atoms with van der Waals surface area (Å²) >= 11 is 0. The minimum Gasteiger partial charge on any atom is -0.384 e. The number of hydrogen-bond donors (Lipinski definition) is 1. The van der Waals surface area contributed by atoms with Crippen LogP contribution in [0, 0.1) is 16.0 Å². The van der Waals surface area contributed by atoms with Gasteiger partial charge in [0.25, 0.3) is 0 Å². The third kappa shape index (κ3) is 1.60. The lowest BCUT2D eigenvalue weighted by atomic mass is 10.1. The van der Waals surface area contributed by atoms with E-state index in [1.807, 2.05) is 0 Å². The fourth-order valence-electron chi connectivity index (χ4n) is 2.99. The molecule has 3 rings (SSSR count). The van der Waals surface area contributed by atoms with Gasteiger partial charge in [0.2, 0.25) is 5.82 Å². The van der Waals surface area contributed by atoms with Gasteiger partial charge in [-0.05, 0) is 31.2 Å². The van der Waals surface area contributed by atoms with Crippen molar-refractivity contribution < 1.29 is 4.92 Å². The fourth-order valence-corrected chi connectivity index (χ4v) is 2.99. The topological polar surface area (TPSA) is 85.3 Å². The van der Waals surface area contributed by atoms with Crippen molar-refractivity contribution in [3.8, 4) is 0 Å². The summed E-state index contributed by atoms with van der Waals surface area (Å²) < 4.78 is 0. The maximum Gasteiger partial charge on any atom is 0.311 e. The van der Waals surface area contributed by atoms with Crippen LogP contribution >= 0.6 is 0 Å². The molecule has 6 nitrogen and oxygen atoms in total. The zero-order valence-corrected chi connectivity index (χ0v) is 9.37. The molecule has 1 aliphatic heterocycles. The maximum atomic E-state index is 11.0. The Bertz CT molecular complexity index is 477. The lowest BCUT2D eigenvalue weighted by molar-refractivity contribution is -0.384. The highest BCUT2D eigenvalue weighted by molar-refractivity contribution is 5.62. The van der Waals surface area contributed by atoms with Crippen LogP contribution in [0.15, 0.2) is 12.1 Å². The number of fused-ring (bicyclic) bond motifs is 2. The summed E-state index contributed by atoms with van der Waals surface area (Å²) in [6.45, 7) is 0.877. The molecular formula is C11H14N4O2. The number of pyridine rings is 1. The molecule has 90 valence electrons. The predicted octanol–water partition coefficient (Wildman–Crippen LogP) is 1.56. The van der Waals surface area contributed by atoms with Gasteiger partial charge >= 0.3 is 5.69 Å². The minimum absolute atomic E-state index is 0.0618. The van der Waals surface area contributed by atoms with Gasteiger partial charge in [0, 0.05) is 18.7 Å². The molecule has 1 saturated heterocycles. The molecule has 2 aliphatic rings. The number of nitrogens with zero attached hydrogens (tertiary/aromatic N) is 3. The lowest BCUT2D eigenvalue weighted by Gasteiger charge is -2.27. The fraction of sp³-hybridized carbons (Fsp3) is 0.545. The van der Waals surface area contributed by atoms with Gasteiger partial charge in [0.1, 0.15) is 5.82 Å². The van der Waals surface area contributed by atoms with E-state index in [9.17, 15) is 10.1 Å². The minimum atomic E-state index is -0.381. The molecule has 2 heterocycles. The first-order chi connectivity index (χ1) is 8.15. The van der Waals surface area contributed by atoms with E-state index < -0.39 is 0 Å². The van der Waals surface area contributed by atoms with Gasteiger partial charge < -0.3 is 10.6 Å². The monoisotopic (exact) mass is 234 g/mol. The third-order valence-corrected chi connectivity index (χ3v) is 3.75. The van der Waals surface area contributed by atoms with Crippen molar-refractivity contribution in [2.24, 2.45) is 5.92 Å². The number of hydrogen-bond acceptors (Lipinski definition) is 5. The average Bonchev–Trinajstić information content (AvgIpc) is 2.90. The molecule has 0 aromatic carbocycles. The highest BCUT2D eigenvalue weighted by Crippen LogP contribution is 2.42. The highest BCUT2D eigenvalue weighted by Gasteiger charge is 2.40. The lowest BCUT2D eigenvalue weighted by Crippen LogP contribution is -2.33. The number of rotatable bonds is 2. The highest BCUT2D eigenvalue weighted by atomic mass is 16.6. The Labute approximate surface area is 98.6 Å². The van der Waals surface area contributed by atoms with Crippen LogP contribution in [-0.2, 0) is 0 Å². The molecule has 2 unspecified atom stereocenters. The SMILES string of the molecule is Nc1ccc([N+](=O)[O-])c(N2CC3CCC2C3)n1. The predicted molar refractivity (Wildman–Crippen MR) is 63.8 cm³/mol. The first kappa shape index (κ1) is 10.3. The Morgan fingerprint density at radius 3 is 2.88 bits per heavy atom. The molecule has 6 heteroatoms. The van der Waals surface area contributed by atoms with Gasteiger partial charge in [-0.3, -0.25) is 10.1 Å². The number of anilines is 2. The van der Waals surface area contributed by atoms with Crippen molar-refractivity contribution >= 4 is 17.3 Å². The van der Waals surface area contributed by atoms with Gasteiger partial charge in [-0.25, -0.2) is 4.98 Å². The molecular weight excluding hydrogens is 220 g/mol. The van der Waals surface area contributed by atoms with E-state index in [4.69, 9.17) is 5.73 Å². The van der Waals surface area contributed by atoms with Crippen LogP contribution in [0.4, 0.5) is 17.3 Å². The Kier molecular flexibility index (Phi) is 2.17. The summed E-state index contributed by atoms with van der Waals surface area (Å²) in [5.74, 6) is 1.46. The smallest absolute Gasteiger partial charge is 0.311 e. The Morgan fingerprint density at radius 1 is 1.47 bits per heavy atom. The summed E-state index contributed by atoms with van der Waals surface area (Å²) in [4.78, 5) is 16.8. The molecule has 0 spiro atoms. The number of nitro groups is 1. The molecule has 2 bridgehead atoms. The van der Waals surface area contributed by atoms with Gasteiger partial charge in [0.05, 0.1) is 4.92 Å². The summed E-state index contributed by atoms with van der Waals surface area (Å²) in [6, 6.07) is 3.34. The quantitative estimate of drug-likeness (QED) is 0.620. The van der Waals surface area contributed by atoms with E-state index in [1.165, 1.54) is 18.6 Å². The van der Waals surface area contributed by atoms with Crippen LogP contribution in [-0.4, -0.2) is 22.5 Å². The van der Waals surface area contributed by atoms with Crippen LogP contribution < -0.4 is 10.6 Å². The van der Waals surface area contributed by atoms with E-state index in [0.717, 1.165) is 19.4 Å². The molecule has 0 radical (unpaired) electrons. The molecule has 1 aromatic rings. The van der Waals surface area contributed by atoms with Gasteiger partial charge in [0.15, 0.2) is 0 Å². The van der Waals surface area contributed by atoms with Gasteiger partial charge in [-0.15, -0.1) is 0 Å². The first-order valence-electron chi connectivity index (χ1n) is 5.82. The van der Waals surface area contributed by atoms with Gasteiger partial charge in [-0.1, -0.05) is 0 Å². The van der Waals surface area contributed by atoms with E-state index in [-0.39, 0.29) is 10.6 Å². The number of nitrogens with two attached hydrogens (primary N) is 1. The number of piperidine rings is 1. The molecule has 1 aromatic heterocycles. The second-order valence-electron chi connectivity index (χ2n) is 4.82.